The molecule has 2 N–H and O–H groups in total. The topological polar surface area (TPSA) is 56.7 Å². The lowest BCUT2D eigenvalue weighted by atomic mass is 10.0. The lowest BCUT2D eigenvalue weighted by Crippen LogP contribution is -2.18. The molecule has 1 atom stereocenters. The molecule has 2 rings (SSSR count). The Morgan fingerprint density at radius 3 is 2.88 bits per heavy atom. The second kappa shape index (κ2) is 4.81. The molecule has 17 heavy (non-hydrogen) atoms. The van der Waals surface area contributed by atoms with Gasteiger partial charge in [0, 0.05) is 17.6 Å². The van der Waals surface area contributed by atoms with Crippen LogP contribution in [0.25, 0.3) is 0 Å². The van der Waals surface area contributed by atoms with E-state index in [-0.39, 0.29) is 11.9 Å². The summed E-state index contributed by atoms with van der Waals surface area (Å²) < 4.78 is 15.1. The minimum Gasteiger partial charge on any atom is -0.322 e. The largest absolute Gasteiger partial charge is 0.322 e. The third-order valence-corrected chi connectivity index (χ3v) is 2.97. The molecule has 90 valence electrons. The van der Waals surface area contributed by atoms with Gasteiger partial charge in [-0.2, -0.15) is 0 Å². The fourth-order valence-corrected chi connectivity index (χ4v) is 1.93. The fourth-order valence-electron chi connectivity index (χ4n) is 1.69. The smallest absolute Gasteiger partial charge is 0.127 e. The number of rotatable bonds is 3. The summed E-state index contributed by atoms with van der Waals surface area (Å²) in [5.41, 5.74) is 7.14. The molecule has 0 aliphatic rings. The molecular formula is C11H12ClFN4. The van der Waals surface area contributed by atoms with Crippen LogP contribution in [-0.4, -0.2) is 15.0 Å². The maximum Gasteiger partial charge on any atom is 0.127 e. The normalized spacial score (nSPS) is 12.7. The molecule has 0 saturated heterocycles. The highest BCUT2D eigenvalue weighted by molar-refractivity contribution is 6.31. The van der Waals surface area contributed by atoms with Crippen LogP contribution in [0.15, 0.2) is 24.4 Å². The van der Waals surface area contributed by atoms with E-state index in [1.54, 1.807) is 30.1 Å². The number of halogens is 2. The first-order valence-electron chi connectivity index (χ1n) is 5.12. The van der Waals surface area contributed by atoms with Gasteiger partial charge in [0.2, 0.25) is 0 Å². The van der Waals surface area contributed by atoms with Gasteiger partial charge in [-0.05, 0) is 18.6 Å². The Kier molecular flexibility index (Phi) is 3.40. The highest BCUT2D eigenvalue weighted by Crippen LogP contribution is 2.23. The monoisotopic (exact) mass is 254 g/mol. The average Bonchev–Trinajstić information content (AvgIpc) is 2.70. The summed E-state index contributed by atoms with van der Waals surface area (Å²) in [6.45, 7) is 0. The number of hydrogen-bond donors (Lipinski definition) is 1. The van der Waals surface area contributed by atoms with Crippen molar-refractivity contribution < 1.29 is 4.39 Å². The molecule has 0 spiro atoms. The number of benzene rings is 1. The van der Waals surface area contributed by atoms with Gasteiger partial charge < -0.3 is 5.73 Å². The van der Waals surface area contributed by atoms with E-state index in [1.165, 1.54) is 6.07 Å². The SMILES string of the molecule is Cn1nncc1C(N)Cc1c(F)cccc1Cl. The first kappa shape index (κ1) is 12.0. The molecule has 0 bridgehead atoms. The quantitative estimate of drug-likeness (QED) is 0.910. The zero-order valence-electron chi connectivity index (χ0n) is 9.27. The Balaban J connectivity index is 2.25. The molecule has 0 aliphatic heterocycles. The van der Waals surface area contributed by atoms with Crippen molar-refractivity contribution in [3.05, 3.63) is 46.5 Å². The van der Waals surface area contributed by atoms with E-state index in [4.69, 9.17) is 17.3 Å². The zero-order valence-corrected chi connectivity index (χ0v) is 10.0. The summed E-state index contributed by atoms with van der Waals surface area (Å²) in [5.74, 6) is -0.344. The lowest BCUT2D eigenvalue weighted by molar-refractivity contribution is 0.571. The number of aryl methyl sites for hydroxylation is 1. The van der Waals surface area contributed by atoms with E-state index in [1.807, 2.05) is 0 Å². The second-order valence-corrected chi connectivity index (χ2v) is 4.20. The van der Waals surface area contributed by atoms with Crippen LogP contribution in [0, 0.1) is 5.82 Å². The minimum absolute atomic E-state index is 0.312. The lowest BCUT2D eigenvalue weighted by Gasteiger charge is -2.12. The van der Waals surface area contributed by atoms with Gasteiger partial charge in [0.15, 0.2) is 0 Å². The van der Waals surface area contributed by atoms with E-state index in [0.717, 1.165) is 5.69 Å². The van der Waals surface area contributed by atoms with Crippen LogP contribution in [-0.2, 0) is 13.5 Å². The van der Waals surface area contributed by atoms with Crippen LogP contribution in [0.3, 0.4) is 0 Å². The maximum absolute atomic E-state index is 13.6. The van der Waals surface area contributed by atoms with Crippen molar-refractivity contribution in [3.63, 3.8) is 0 Å². The van der Waals surface area contributed by atoms with E-state index in [9.17, 15) is 4.39 Å². The van der Waals surface area contributed by atoms with Gasteiger partial charge in [-0.1, -0.05) is 22.9 Å². The van der Waals surface area contributed by atoms with Crippen LogP contribution >= 0.6 is 11.6 Å². The van der Waals surface area contributed by atoms with Crippen molar-refractivity contribution in [2.24, 2.45) is 12.8 Å². The minimum atomic E-state index is -0.385. The number of hydrogen-bond acceptors (Lipinski definition) is 3. The second-order valence-electron chi connectivity index (χ2n) is 3.79. The van der Waals surface area contributed by atoms with Gasteiger partial charge >= 0.3 is 0 Å². The van der Waals surface area contributed by atoms with E-state index in [0.29, 0.717) is 17.0 Å². The van der Waals surface area contributed by atoms with Gasteiger partial charge in [-0.25, -0.2) is 4.39 Å². The molecule has 0 saturated carbocycles. The molecule has 0 amide bonds. The highest BCUT2D eigenvalue weighted by atomic mass is 35.5. The van der Waals surface area contributed by atoms with Crippen LogP contribution < -0.4 is 5.73 Å². The summed E-state index contributed by atoms with van der Waals surface area (Å²) in [6.07, 6.45) is 1.88. The Labute approximate surface area is 103 Å². The molecule has 1 heterocycles. The van der Waals surface area contributed by atoms with Crippen LogP contribution in [0.4, 0.5) is 4.39 Å². The van der Waals surface area contributed by atoms with Crippen molar-refractivity contribution in [2.75, 3.05) is 0 Å². The molecule has 2 aromatic rings. The number of nitrogens with zero attached hydrogens (tertiary/aromatic N) is 3. The molecule has 1 aromatic carbocycles. The molecule has 4 nitrogen and oxygen atoms in total. The van der Waals surface area contributed by atoms with Gasteiger partial charge in [-0.15, -0.1) is 5.10 Å². The van der Waals surface area contributed by atoms with Gasteiger partial charge in [0.25, 0.3) is 0 Å². The van der Waals surface area contributed by atoms with E-state index >= 15 is 0 Å². The predicted molar refractivity (Wildman–Crippen MR) is 63.0 cm³/mol. The van der Waals surface area contributed by atoms with Crippen molar-refractivity contribution >= 4 is 11.6 Å². The summed E-state index contributed by atoms with van der Waals surface area (Å²) in [7, 11) is 1.74. The Bertz CT molecular complexity index is 506. The molecular weight excluding hydrogens is 243 g/mol. The van der Waals surface area contributed by atoms with Crippen molar-refractivity contribution in [1.29, 1.82) is 0 Å². The van der Waals surface area contributed by atoms with E-state index < -0.39 is 0 Å². The van der Waals surface area contributed by atoms with Crippen LogP contribution in [0.2, 0.25) is 5.02 Å². The van der Waals surface area contributed by atoms with Gasteiger partial charge in [0.05, 0.1) is 17.9 Å². The summed E-state index contributed by atoms with van der Waals surface area (Å²) in [6, 6.07) is 4.20. The standard InChI is InChI=1S/C11H12ClFN4/c1-17-11(6-15-16-17)10(14)5-7-8(12)3-2-4-9(7)13/h2-4,6,10H,5,14H2,1H3. The molecule has 0 radical (unpaired) electrons. The molecule has 6 heteroatoms. The summed E-state index contributed by atoms with van der Waals surface area (Å²) >= 11 is 5.94. The predicted octanol–water partition coefficient (Wildman–Crippen LogP) is 1.85. The van der Waals surface area contributed by atoms with E-state index in [2.05, 4.69) is 10.3 Å². The summed E-state index contributed by atoms with van der Waals surface area (Å²) in [5, 5.41) is 7.90. The van der Waals surface area contributed by atoms with Crippen molar-refractivity contribution in [2.45, 2.75) is 12.5 Å². The first-order chi connectivity index (χ1) is 8.09. The number of nitrogens with two attached hydrogens (primary N) is 1. The third-order valence-electron chi connectivity index (χ3n) is 2.62. The molecule has 1 unspecified atom stereocenters. The number of aromatic nitrogens is 3. The van der Waals surface area contributed by atoms with Gasteiger partial charge in [0.1, 0.15) is 5.82 Å². The molecule has 0 aliphatic carbocycles. The van der Waals surface area contributed by atoms with Crippen LogP contribution in [0.1, 0.15) is 17.3 Å². The fraction of sp³-hybridized carbons (Fsp3) is 0.273. The van der Waals surface area contributed by atoms with Crippen molar-refractivity contribution in [1.82, 2.24) is 15.0 Å². The Hall–Kier alpha value is -1.46. The zero-order chi connectivity index (χ0) is 12.4. The molecule has 1 aromatic heterocycles. The maximum atomic E-state index is 13.6. The van der Waals surface area contributed by atoms with Gasteiger partial charge in [-0.3, -0.25) is 4.68 Å². The summed E-state index contributed by atoms with van der Waals surface area (Å²) in [4.78, 5) is 0. The Morgan fingerprint density at radius 1 is 1.53 bits per heavy atom. The van der Waals surface area contributed by atoms with Crippen LogP contribution in [0.5, 0.6) is 0 Å². The average molecular weight is 255 g/mol. The molecule has 0 fully saturated rings. The third kappa shape index (κ3) is 2.45. The van der Waals surface area contributed by atoms with Crippen molar-refractivity contribution in [3.8, 4) is 0 Å². The Morgan fingerprint density at radius 2 is 2.29 bits per heavy atom. The highest BCUT2D eigenvalue weighted by Gasteiger charge is 2.16. The first-order valence-corrected chi connectivity index (χ1v) is 5.50.